The second kappa shape index (κ2) is 4.25. The molecule has 1 saturated heterocycles. The van der Waals surface area contributed by atoms with Crippen molar-refractivity contribution in [1.82, 2.24) is 5.32 Å². The number of hydrogen-bond donors (Lipinski definition) is 1. The summed E-state index contributed by atoms with van der Waals surface area (Å²) in [4.78, 5) is 24.5. The molecule has 1 aliphatic rings. The van der Waals surface area contributed by atoms with Crippen molar-refractivity contribution in [3.63, 3.8) is 0 Å². The minimum Gasteiger partial charge on any atom is -0.293 e. The molecule has 0 saturated carbocycles. The van der Waals surface area contributed by atoms with Crippen LogP contribution in [0.3, 0.4) is 0 Å². The van der Waals surface area contributed by atoms with Crippen LogP contribution in [0.1, 0.15) is 6.92 Å². The van der Waals surface area contributed by atoms with Crippen LogP contribution in [0.15, 0.2) is 28.7 Å². The molecule has 4 nitrogen and oxygen atoms in total. The molecule has 84 valence electrons. The summed E-state index contributed by atoms with van der Waals surface area (Å²) >= 11 is 3.33. The molecule has 0 aromatic heterocycles. The smallest absolute Gasteiger partial charge is 0.293 e. The Kier molecular flexibility index (Phi) is 2.96. The van der Waals surface area contributed by atoms with E-state index in [0.717, 1.165) is 10.2 Å². The molecule has 1 fully saturated rings. The first-order chi connectivity index (χ1) is 7.58. The van der Waals surface area contributed by atoms with Crippen molar-refractivity contribution in [3.05, 3.63) is 28.7 Å². The second-order valence-electron chi connectivity index (χ2n) is 3.78. The van der Waals surface area contributed by atoms with Gasteiger partial charge in [0.15, 0.2) is 0 Å². The topological polar surface area (TPSA) is 49.4 Å². The Labute approximate surface area is 102 Å². The van der Waals surface area contributed by atoms with Crippen molar-refractivity contribution >= 4 is 33.6 Å². The van der Waals surface area contributed by atoms with Gasteiger partial charge in [0.25, 0.3) is 0 Å². The van der Waals surface area contributed by atoms with E-state index in [1.807, 2.05) is 24.3 Å². The molecule has 1 unspecified atom stereocenters. The highest BCUT2D eigenvalue weighted by Gasteiger charge is 2.29. The zero-order valence-corrected chi connectivity index (χ0v) is 10.3. The lowest BCUT2D eigenvalue weighted by molar-refractivity contribution is -0.123. The SMILES string of the molecule is CC1CN(c2ccc(Br)cc2)C(=O)NC1=O. The Morgan fingerprint density at radius 1 is 1.31 bits per heavy atom. The summed E-state index contributed by atoms with van der Waals surface area (Å²) in [6, 6.07) is 7.05. The number of carbonyl (C=O) groups is 2. The van der Waals surface area contributed by atoms with E-state index < -0.39 is 0 Å². The zero-order valence-electron chi connectivity index (χ0n) is 8.74. The molecule has 1 N–H and O–H groups in total. The summed E-state index contributed by atoms with van der Waals surface area (Å²) in [6.07, 6.45) is 0. The summed E-state index contributed by atoms with van der Waals surface area (Å²) in [5.74, 6) is -0.389. The van der Waals surface area contributed by atoms with E-state index in [2.05, 4.69) is 21.2 Å². The molecule has 3 amide bonds. The molecule has 1 aliphatic heterocycles. The molecule has 0 aliphatic carbocycles. The third-order valence-corrected chi connectivity index (χ3v) is 3.05. The number of nitrogens with zero attached hydrogens (tertiary/aromatic N) is 1. The second-order valence-corrected chi connectivity index (χ2v) is 4.70. The maximum Gasteiger partial charge on any atom is 0.328 e. The highest BCUT2D eigenvalue weighted by atomic mass is 79.9. The summed E-state index contributed by atoms with van der Waals surface area (Å²) in [7, 11) is 0. The lowest BCUT2D eigenvalue weighted by Gasteiger charge is -2.30. The molecule has 5 heteroatoms. The Morgan fingerprint density at radius 3 is 2.56 bits per heavy atom. The molecular weight excluding hydrogens is 272 g/mol. The summed E-state index contributed by atoms with van der Waals surface area (Å²) in [6.45, 7) is 2.22. The number of carbonyl (C=O) groups excluding carboxylic acids is 2. The third kappa shape index (κ3) is 2.09. The van der Waals surface area contributed by atoms with Crippen LogP contribution in [0.5, 0.6) is 0 Å². The third-order valence-electron chi connectivity index (χ3n) is 2.52. The van der Waals surface area contributed by atoms with Gasteiger partial charge in [0.2, 0.25) is 5.91 Å². The monoisotopic (exact) mass is 282 g/mol. The highest BCUT2D eigenvalue weighted by molar-refractivity contribution is 9.10. The predicted octanol–water partition coefficient (Wildman–Crippen LogP) is 2.14. The summed E-state index contributed by atoms with van der Waals surface area (Å²) in [5.41, 5.74) is 0.792. The summed E-state index contributed by atoms with van der Waals surface area (Å²) < 4.78 is 0.956. The first-order valence-electron chi connectivity index (χ1n) is 4.96. The molecule has 1 aromatic carbocycles. The standard InChI is InChI=1S/C11H11BrN2O2/c1-7-6-14(11(16)13-10(7)15)9-4-2-8(12)3-5-9/h2-5,7H,6H2,1H3,(H,13,15,16). The number of halogens is 1. The molecule has 16 heavy (non-hydrogen) atoms. The fraction of sp³-hybridized carbons (Fsp3) is 0.273. The molecule has 1 atom stereocenters. The largest absolute Gasteiger partial charge is 0.328 e. The van der Waals surface area contributed by atoms with Gasteiger partial charge in [-0.15, -0.1) is 0 Å². The van der Waals surface area contributed by atoms with Crippen LogP contribution < -0.4 is 10.2 Å². The van der Waals surface area contributed by atoms with E-state index in [9.17, 15) is 9.59 Å². The van der Waals surface area contributed by atoms with E-state index >= 15 is 0 Å². The maximum atomic E-state index is 11.6. The predicted molar refractivity (Wildman–Crippen MR) is 64.2 cm³/mol. The van der Waals surface area contributed by atoms with E-state index in [-0.39, 0.29) is 17.9 Å². The molecule has 1 aromatic rings. The fourth-order valence-electron chi connectivity index (χ4n) is 1.58. The van der Waals surface area contributed by atoms with Gasteiger partial charge in [-0.1, -0.05) is 22.9 Å². The van der Waals surface area contributed by atoms with E-state index in [1.54, 1.807) is 11.8 Å². The van der Waals surface area contributed by atoms with Gasteiger partial charge in [-0.2, -0.15) is 0 Å². The lowest BCUT2D eigenvalue weighted by Crippen LogP contribution is -2.53. The van der Waals surface area contributed by atoms with Gasteiger partial charge in [0, 0.05) is 16.7 Å². The van der Waals surface area contributed by atoms with Gasteiger partial charge in [-0.3, -0.25) is 15.0 Å². The number of anilines is 1. The molecule has 0 radical (unpaired) electrons. The molecular formula is C11H11BrN2O2. The van der Waals surface area contributed by atoms with Crippen molar-refractivity contribution in [3.8, 4) is 0 Å². The van der Waals surface area contributed by atoms with Crippen LogP contribution in [0.2, 0.25) is 0 Å². The molecule has 1 heterocycles. The van der Waals surface area contributed by atoms with Gasteiger partial charge in [-0.25, -0.2) is 4.79 Å². The summed E-state index contributed by atoms with van der Waals surface area (Å²) in [5, 5.41) is 2.33. The minimum atomic E-state index is -0.356. The normalized spacial score (nSPS) is 20.9. The van der Waals surface area contributed by atoms with Crippen LogP contribution in [0.4, 0.5) is 10.5 Å². The van der Waals surface area contributed by atoms with Crippen molar-refractivity contribution in [2.75, 3.05) is 11.4 Å². The zero-order chi connectivity index (χ0) is 11.7. The quantitative estimate of drug-likeness (QED) is 0.858. The first kappa shape index (κ1) is 11.1. The van der Waals surface area contributed by atoms with Crippen LogP contribution in [0, 0.1) is 5.92 Å². The number of hydrogen-bond acceptors (Lipinski definition) is 2. The fourth-order valence-corrected chi connectivity index (χ4v) is 1.84. The number of rotatable bonds is 1. The minimum absolute atomic E-state index is 0.179. The average Bonchev–Trinajstić information content (AvgIpc) is 2.25. The Bertz CT molecular complexity index is 430. The van der Waals surface area contributed by atoms with E-state index in [0.29, 0.717) is 6.54 Å². The van der Waals surface area contributed by atoms with Crippen LogP contribution in [-0.2, 0) is 4.79 Å². The molecule has 2 rings (SSSR count). The van der Waals surface area contributed by atoms with E-state index in [1.165, 1.54) is 0 Å². The van der Waals surface area contributed by atoms with E-state index in [4.69, 9.17) is 0 Å². The van der Waals surface area contributed by atoms with Crippen molar-refractivity contribution in [1.29, 1.82) is 0 Å². The first-order valence-corrected chi connectivity index (χ1v) is 5.75. The number of imide groups is 1. The van der Waals surface area contributed by atoms with Crippen molar-refractivity contribution in [2.24, 2.45) is 5.92 Å². The van der Waals surface area contributed by atoms with Gasteiger partial charge in [0.05, 0.1) is 5.92 Å². The van der Waals surface area contributed by atoms with Gasteiger partial charge < -0.3 is 0 Å². The number of urea groups is 1. The van der Waals surface area contributed by atoms with Crippen molar-refractivity contribution in [2.45, 2.75) is 6.92 Å². The number of amides is 3. The molecule has 0 bridgehead atoms. The van der Waals surface area contributed by atoms with Gasteiger partial charge in [-0.05, 0) is 24.3 Å². The number of nitrogens with one attached hydrogen (secondary N) is 1. The lowest BCUT2D eigenvalue weighted by atomic mass is 10.1. The van der Waals surface area contributed by atoms with Crippen LogP contribution >= 0.6 is 15.9 Å². The Balaban J connectivity index is 2.24. The van der Waals surface area contributed by atoms with Crippen LogP contribution in [-0.4, -0.2) is 18.5 Å². The van der Waals surface area contributed by atoms with Gasteiger partial charge >= 0.3 is 6.03 Å². The van der Waals surface area contributed by atoms with Crippen molar-refractivity contribution < 1.29 is 9.59 Å². The number of benzene rings is 1. The maximum absolute atomic E-state index is 11.6. The van der Waals surface area contributed by atoms with Gasteiger partial charge in [0.1, 0.15) is 0 Å². The Hall–Kier alpha value is -1.36. The Morgan fingerprint density at radius 2 is 1.94 bits per heavy atom. The average molecular weight is 283 g/mol. The van der Waals surface area contributed by atoms with Crippen LogP contribution in [0.25, 0.3) is 0 Å². The molecule has 0 spiro atoms. The highest BCUT2D eigenvalue weighted by Crippen LogP contribution is 2.21.